The SMILES string of the molecule is c1ccc(-c2cccc(Nc3ccc4c(c3)-c3ccccc3C43c4ccccc4-c4ccccc43)c2)cc1. The molecule has 0 saturated carbocycles. The number of rotatable bonds is 3. The minimum atomic E-state index is -0.287. The molecule has 38 heavy (non-hydrogen) atoms. The van der Waals surface area contributed by atoms with Gasteiger partial charge in [0.2, 0.25) is 0 Å². The Kier molecular flexibility index (Phi) is 4.50. The summed E-state index contributed by atoms with van der Waals surface area (Å²) in [5.41, 5.74) is 15.1. The van der Waals surface area contributed by atoms with Crippen molar-refractivity contribution >= 4 is 11.4 Å². The third-order valence-electron chi connectivity index (χ3n) is 8.26. The van der Waals surface area contributed by atoms with Gasteiger partial charge in [-0.1, -0.05) is 121 Å². The van der Waals surface area contributed by atoms with E-state index in [1.165, 1.54) is 55.6 Å². The molecule has 0 saturated heterocycles. The first-order chi connectivity index (χ1) is 18.8. The summed E-state index contributed by atoms with van der Waals surface area (Å²) >= 11 is 0. The lowest BCUT2D eigenvalue weighted by Gasteiger charge is -2.30. The average molecular weight is 484 g/mol. The second-order valence-corrected chi connectivity index (χ2v) is 10.2. The molecule has 0 atom stereocenters. The van der Waals surface area contributed by atoms with E-state index >= 15 is 0 Å². The molecule has 0 aliphatic heterocycles. The van der Waals surface area contributed by atoms with Crippen LogP contribution in [0.15, 0.2) is 146 Å². The molecule has 0 unspecified atom stereocenters. The Labute approximate surface area is 223 Å². The van der Waals surface area contributed by atoms with Gasteiger partial charge in [-0.3, -0.25) is 0 Å². The molecular weight excluding hydrogens is 458 g/mol. The highest BCUT2D eigenvalue weighted by Crippen LogP contribution is 2.62. The van der Waals surface area contributed by atoms with Crippen molar-refractivity contribution in [3.8, 4) is 33.4 Å². The molecule has 178 valence electrons. The smallest absolute Gasteiger partial charge is 0.0725 e. The van der Waals surface area contributed by atoms with Gasteiger partial charge in [0.15, 0.2) is 0 Å². The van der Waals surface area contributed by atoms with E-state index in [0.717, 1.165) is 11.4 Å². The van der Waals surface area contributed by atoms with E-state index in [9.17, 15) is 0 Å². The largest absolute Gasteiger partial charge is 0.355 e. The van der Waals surface area contributed by atoms with Crippen molar-refractivity contribution in [2.75, 3.05) is 5.32 Å². The van der Waals surface area contributed by atoms with Gasteiger partial charge in [0, 0.05) is 11.4 Å². The molecule has 1 spiro atoms. The van der Waals surface area contributed by atoms with Gasteiger partial charge in [-0.25, -0.2) is 0 Å². The van der Waals surface area contributed by atoms with E-state index in [1.54, 1.807) is 0 Å². The highest BCUT2D eigenvalue weighted by molar-refractivity contribution is 5.95. The second kappa shape index (κ2) is 8.06. The van der Waals surface area contributed by atoms with Crippen LogP contribution in [0.5, 0.6) is 0 Å². The molecule has 1 heteroatoms. The molecule has 8 rings (SSSR count). The minimum absolute atomic E-state index is 0.287. The molecule has 0 radical (unpaired) electrons. The van der Waals surface area contributed by atoms with Gasteiger partial charge in [0.1, 0.15) is 0 Å². The fourth-order valence-electron chi connectivity index (χ4n) is 6.75. The van der Waals surface area contributed by atoms with Gasteiger partial charge in [-0.15, -0.1) is 0 Å². The summed E-state index contributed by atoms with van der Waals surface area (Å²) < 4.78 is 0. The van der Waals surface area contributed by atoms with Crippen LogP contribution in [-0.2, 0) is 5.41 Å². The number of anilines is 2. The average Bonchev–Trinajstić information content (AvgIpc) is 3.45. The van der Waals surface area contributed by atoms with Gasteiger partial charge < -0.3 is 5.32 Å². The molecule has 6 aromatic rings. The normalized spacial score (nSPS) is 13.5. The molecule has 0 aromatic heterocycles. The fraction of sp³-hybridized carbons (Fsp3) is 0.0270. The molecule has 0 bridgehead atoms. The van der Waals surface area contributed by atoms with Gasteiger partial charge in [-0.2, -0.15) is 0 Å². The van der Waals surface area contributed by atoms with Crippen molar-refractivity contribution < 1.29 is 0 Å². The van der Waals surface area contributed by atoms with E-state index in [-0.39, 0.29) is 5.41 Å². The van der Waals surface area contributed by atoms with E-state index < -0.39 is 0 Å². The maximum atomic E-state index is 3.69. The predicted octanol–water partition coefficient (Wildman–Crippen LogP) is 9.44. The van der Waals surface area contributed by atoms with Gasteiger partial charge in [0.25, 0.3) is 0 Å². The number of benzene rings is 6. The summed E-state index contributed by atoms with van der Waals surface area (Å²) in [4.78, 5) is 0. The standard InChI is InChI=1S/C37H25N/c1-2-11-25(12-3-1)26-13-10-14-27(23-26)38-28-21-22-36-32(24-28)31-17-6-9-20-35(31)37(36)33-18-7-4-15-29(33)30-16-5-8-19-34(30)37/h1-24,38H. The van der Waals surface area contributed by atoms with Crippen LogP contribution < -0.4 is 5.32 Å². The summed E-state index contributed by atoms with van der Waals surface area (Å²) in [6, 6.07) is 52.9. The Hall–Kier alpha value is -4.88. The molecule has 0 heterocycles. The Morgan fingerprint density at radius 3 is 1.50 bits per heavy atom. The van der Waals surface area contributed by atoms with Crippen LogP contribution in [0.3, 0.4) is 0 Å². The van der Waals surface area contributed by atoms with Crippen LogP contribution >= 0.6 is 0 Å². The van der Waals surface area contributed by atoms with Gasteiger partial charge in [-0.05, 0) is 79.9 Å². The van der Waals surface area contributed by atoms with Crippen molar-refractivity contribution in [2.24, 2.45) is 0 Å². The van der Waals surface area contributed by atoms with Crippen LogP contribution in [0.1, 0.15) is 22.3 Å². The lowest BCUT2D eigenvalue weighted by Crippen LogP contribution is -2.25. The maximum Gasteiger partial charge on any atom is 0.0725 e. The Morgan fingerprint density at radius 2 is 0.842 bits per heavy atom. The number of hydrogen-bond donors (Lipinski definition) is 1. The van der Waals surface area contributed by atoms with Gasteiger partial charge in [0.05, 0.1) is 5.41 Å². The van der Waals surface area contributed by atoms with E-state index in [1.807, 2.05) is 0 Å². The molecule has 1 N–H and O–H groups in total. The van der Waals surface area contributed by atoms with Gasteiger partial charge >= 0.3 is 0 Å². The molecule has 2 aliphatic rings. The van der Waals surface area contributed by atoms with Crippen molar-refractivity contribution in [1.29, 1.82) is 0 Å². The fourth-order valence-corrected chi connectivity index (χ4v) is 6.75. The van der Waals surface area contributed by atoms with Crippen molar-refractivity contribution in [3.63, 3.8) is 0 Å². The molecule has 2 aliphatic carbocycles. The Morgan fingerprint density at radius 1 is 0.342 bits per heavy atom. The first-order valence-corrected chi connectivity index (χ1v) is 13.2. The van der Waals surface area contributed by atoms with E-state index in [2.05, 4.69) is 151 Å². The quantitative estimate of drug-likeness (QED) is 0.264. The Balaban J connectivity index is 1.29. The van der Waals surface area contributed by atoms with Crippen LogP contribution in [0.4, 0.5) is 11.4 Å². The monoisotopic (exact) mass is 483 g/mol. The molecule has 0 fully saturated rings. The number of fused-ring (bicyclic) bond motifs is 10. The first-order valence-electron chi connectivity index (χ1n) is 13.2. The maximum absolute atomic E-state index is 3.69. The zero-order chi connectivity index (χ0) is 25.1. The van der Waals surface area contributed by atoms with Crippen molar-refractivity contribution in [3.05, 3.63) is 168 Å². The minimum Gasteiger partial charge on any atom is -0.355 e. The summed E-state index contributed by atoms with van der Waals surface area (Å²) in [6.45, 7) is 0. The summed E-state index contributed by atoms with van der Waals surface area (Å²) in [6.07, 6.45) is 0. The van der Waals surface area contributed by atoms with Crippen LogP contribution in [0.25, 0.3) is 33.4 Å². The van der Waals surface area contributed by atoms with E-state index in [0.29, 0.717) is 0 Å². The number of nitrogens with one attached hydrogen (secondary N) is 1. The van der Waals surface area contributed by atoms with Crippen molar-refractivity contribution in [2.45, 2.75) is 5.41 Å². The second-order valence-electron chi connectivity index (χ2n) is 10.2. The molecule has 1 nitrogen and oxygen atoms in total. The highest BCUT2D eigenvalue weighted by Gasteiger charge is 2.51. The Bertz CT molecular complexity index is 1800. The third-order valence-corrected chi connectivity index (χ3v) is 8.26. The van der Waals surface area contributed by atoms with Crippen LogP contribution in [0.2, 0.25) is 0 Å². The van der Waals surface area contributed by atoms with Crippen LogP contribution in [-0.4, -0.2) is 0 Å². The lowest BCUT2D eigenvalue weighted by molar-refractivity contribution is 0.794. The predicted molar refractivity (Wildman–Crippen MR) is 158 cm³/mol. The first kappa shape index (κ1) is 21.2. The summed E-state index contributed by atoms with van der Waals surface area (Å²) in [5, 5.41) is 3.69. The number of hydrogen-bond acceptors (Lipinski definition) is 1. The molecule has 6 aromatic carbocycles. The van der Waals surface area contributed by atoms with E-state index in [4.69, 9.17) is 0 Å². The highest BCUT2D eigenvalue weighted by atomic mass is 14.9. The summed E-state index contributed by atoms with van der Waals surface area (Å²) in [7, 11) is 0. The zero-order valence-corrected chi connectivity index (χ0v) is 20.9. The molecular formula is C37H25N. The van der Waals surface area contributed by atoms with Crippen LogP contribution in [0, 0.1) is 0 Å². The summed E-state index contributed by atoms with van der Waals surface area (Å²) in [5.74, 6) is 0. The topological polar surface area (TPSA) is 12.0 Å². The zero-order valence-electron chi connectivity index (χ0n) is 20.9. The third kappa shape index (κ3) is 2.87. The molecule has 0 amide bonds. The van der Waals surface area contributed by atoms with Crippen molar-refractivity contribution in [1.82, 2.24) is 0 Å². The lowest BCUT2D eigenvalue weighted by atomic mass is 9.70.